The molecular weight excluding hydrogens is 382 g/mol. The van der Waals surface area contributed by atoms with Gasteiger partial charge in [0.1, 0.15) is 5.75 Å². The molecule has 0 bridgehead atoms. The maximum Gasteiger partial charge on any atom is 0.341 e. The van der Waals surface area contributed by atoms with Crippen LogP contribution >= 0.6 is 27.3 Å². The minimum atomic E-state index is -1.03. The molecule has 2 aromatic rings. The van der Waals surface area contributed by atoms with Crippen molar-refractivity contribution in [3.05, 3.63) is 45.1 Å². The first-order valence-electron chi connectivity index (χ1n) is 6.86. The zero-order chi connectivity index (χ0) is 17.0. The molecule has 7 heteroatoms. The summed E-state index contributed by atoms with van der Waals surface area (Å²) < 4.78 is 6.07. The summed E-state index contributed by atoms with van der Waals surface area (Å²) in [6.07, 6.45) is 0. The van der Waals surface area contributed by atoms with Gasteiger partial charge in [0.05, 0.1) is 9.70 Å². The molecule has 23 heavy (non-hydrogen) atoms. The molecule has 1 unspecified atom stereocenters. The van der Waals surface area contributed by atoms with E-state index in [1.165, 1.54) is 0 Å². The summed E-state index contributed by atoms with van der Waals surface area (Å²) in [5.74, 6) is -0.831. The number of anilines is 1. The Kier molecular flexibility index (Phi) is 5.79. The van der Waals surface area contributed by atoms with Crippen LogP contribution in [0.2, 0.25) is 0 Å². The lowest BCUT2D eigenvalue weighted by molar-refractivity contribution is -0.139. The van der Waals surface area contributed by atoms with E-state index in [1.54, 1.807) is 47.5 Å². The van der Waals surface area contributed by atoms with Crippen LogP contribution in [0.4, 0.5) is 5.69 Å². The summed E-state index contributed by atoms with van der Waals surface area (Å²) in [5, 5.41) is 8.58. The second-order valence-electron chi connectivity index (χ2n) is 4.94. The third-order valence-electron chi connectivity index (χ3n) is 3.31. The molecule has 0 fully saturated rings. The quantitative estimate of drug-likeness (QED) is 0.805. The van der Waals surface area contributed by atoms with Gasteiger partial charge in [-0.1, -0.05) is 0 Å². The predicted molar refractivity (Wildman–Crippen MR) is 93.4 cm³/mol. The number of ether oxygens (including phenoxy) is 1. The van der Waals surface area contributed by atoms with E-state index in [4.69, 9.17) is 9.84 Å². The SMILES string of the molecule is CC(C(=O)N(C)c1ccc(OCC(=O)O)cc1)c1ccc(Br)s1. The molecule has 0 aliphatic heterocycles. The van der Waals surface area contributed by atoms with Crippen LogP contribution in [0.15, 0.2) is 40.2 Å². The Morgan fingerprint density at radius 2 is 1.91 bits per heavy atom. The number of halogens is 1. The molecule has 2 rings (SSSR count). The molecule has 1 aromatic heterocycles. The number of likely N-dealkylation sites (N-methyl/N-ethyl adjacent to an activating group) is 1. The Morgan fingerprint density at radius 3 is 2.43 bits per heavy atom. The Labute approximate surface area is 146 Å². The number of hydrogen-bond donors (Lipinski definition) is 1. The highest BCUT2D eigenvalue weighted by molar-refractivity contribution is 9.11. The van der Waals surface area contributed by atoms with Crippen molar-refractivity contribution in [1.82, 2.24) is 0 Å². The van der Waals surface area contributed by atoms with Crippen LogP contribution in [0.5, 0.6) is 5.75 Å². The lowest BCUT2D eigenvalue weighted by Gasteiger charge is -2.21. The number of carboxylic acids is 1. The molecule has 0 aliphatic rings. The third-order valence-corrected chi connectivity index (χ3v) is 5.11. The minimum Gasteiger partial charge on any atom is -0.482 e. The number of amides is 1. The van der Waals surface area contributed by atoms with Crippen molar-refractivity contribution in [3.8, 4) is 5.75 Å². The maximum absolute atomic E-state index is 12.6. The number of carboxylic acid groups (broad SMARTS) is 1. The number of aliphatic carboxylic acids is 1. The monoisotopic (exact) mass is 397 g/mol. The summed E-state index contributed by atoms with van der Waals surface area (Å²) in [4.78, 5) is 25.6. The van der Waals surface area contributed by atoms with Crippen LogP contribution in [0.1, 0.15) is 17.7 Å². The first-order valence-corrected chi connectivity index (χ1v) is 8.47. The fraction of sp³-hybridized carbons (Fsp3) is 0.250. The second kappa shape index (κ2) is 7.61. The van der Waals surface area contributed by atoms with Crippen LogP contribution in [-0.4, -0.2) is 30.6 Å². The molecule has 1 aromatic carbocycles. The normalized spacial score (nSPS) is 11.8. The van der Waals surface area contributed by atoms with Crippen LogP contribution in [0.25, 0.3) is 0 Å². The maximum atomic E-state index is 12.6. The molecular formula is C16H16BrNO4S. The van der Waals surface area contributed by atoms with Gasteiger partial charge in [-0.05, 0) is 59.3 Å². The molecule has 0 spiro atoms. The zero-order valence-corrected chi connectivity index (χ0v) is 15.1. The van der Waals surface area contributed by atoms with Crippen molar-refractivity contribution in [2.24, 2.45) is 0 Å². The van der Waals surface area contributed by atoms with Crippen molar-refractivity contribution in [2.75, 3.05) is 18.6 Å². The number of carbonyl (C=O) groups is 2. The van der Waals surface area contributed by atoms with Crippen molar-refractivity contribution >= 4 is 44.8 Å². The average molecular weight is 398 g/mol. The van der Waals surface area contributed by atoms with Crippen LogP contribution in [-0.2, 0) is 9.59 Å². The molecule has 5 nitrogen and oxygen atoms in total. The first-order chi connectivity index (χ1) is 10.9. The molecule has 122 valence electrons. The van der Waals surface area contributed by atoms with Crippen molar-refractivity contribution in [1.29, 1.82) is 0 Å². The molecule has 0 saturated carbocycles. The lowest BCUT2D eigenvalue weighted by Crippen LogP contribution is -2.30. The largest absolute Gasteiger partial charge is 0.482 e. The smallest absolute Gasteiger partial charge is 0.341 e. The van der Waals surface area contributed by atoms with Gasteiger partial charge in [-0.2, -0.15) is 0 Å². The molecule has 0 aliphatic carbocycles. The first kappa shape index (κ1) is 17.5. The highest BCUT2D eigenvalue weighted by Gasteiger charge is 2.21. The van der Waals surface area contributed by atoms with E-state index in [2.05, 4.69) is 15.9 Å². The van der Waals surface area contributed by atoms with Gasteiger partial charge in [-0.25, -0.2) is 4.79 Å². The number of rotatable bonds is 6. The number of benzene rings is 1. The van der Waals surface area contributed by atoms with E-state index in [9.17, 15) is 9.59 Å². The molecule has 0 radical (unpaired) electrons. The molecule has 0 saturated heterocycles. The lowest BCUT2D eigenvalue weighted by atomic mass is 10.1. The number of carbonyl (C=O) groups excluding carboxylic acids is 1. The Morgan fingerprint density at radius 1 is 1.26 bits per heavy atom. The van der Waals surface area contributed by atoms with Crippen molar-refractivity contribution in [3.63, 3.8) is 0 Å². The summed E-state index contributed by atoms with van der Waals surface area (Å²) in [6.45, 7) is 1.49. The van der Waals surface area contributed by atoms with E-state index in [-0.39, 0.29) is 11.8 Å². The van der Waals surface area contributed by atoms with Gasteiger partial charge in [0.15, 0.2) is 6.61 Å². The second-order valence-corrected chi connectivity index (χ2v) is 7.43. The summed E-state index contributed by atoms with van der Waals surface area (Å²) in [6, 6.07) is 10.6. The van der Waals surface area contributed by atoms with E-state index < -0.39 is 12.6 Å². The van der Waals surface area contributed by atoms with E-state index in [0.29, 0.717) is 5.75 Å². The molecule has 1 amide bonds. The average Bonchev–Trinajstić information content (AvgIpc) is 2.97. The summed E-state index contributed by atoms with van der Waals surface area (Å²) in [7, 11) is 1.72. The van der Waals surface area contributed by atoms with E-state index >= 15 is 0 Å². The number of hydrogen-bond acceptors (Lipinski definition) is 4. The van der Waals surface area contributed by atoms with Crippen molar-refractivity contribution in [2.45, 2.75) is 12.8 Å². The highest BCUT2D eigenvalue weighted by atomic mass is 79.9. The molecule has 1 heterocycles. The number of nitrogens with zero attached hydrogens (tertiary/aromatic N) is 1. The Balaban J connectivity index is 2.05. The summed E-state index contributed by atoms with van der Waals surface area (Å²) in [5.41, 5.74) is 0.722. The van der Waals surface area contributed by atoms with E-state index in [0.717, 1.165) is 14.4 Å². The Bertz CT molecular complexity index is 698. The van der Waals surface area contributed by atoms with Gasteiger partial charge in [0, 0.05) is 17.6 Å². The van der Waals surface area contributed by atoms with Gasteiger partial charge in [-0.15, -0.1) is 11.3 Å². The van der Waals surface area contributed by atoms with Gasteiger partial charge in [0.25, 0.3) is 0 Å². The van der Waals surface area contributed by atoms with Crippen LogP contribution in [0, 0.1) is 0 Å². The fourth-order valence-electron chi connectivity index (χ4n) is 2.01. The van der Waals surface area contributed by atoms with Gasteiger partial charge in [0.2, 0.25) is 5.91 Å². The van der Waals surface area contributed by atoms with E-state index in [1.807, 2.05) is 19.1 Å². The van der Waals surface area contributed by atoms with Crippen molar-refractivity contribution < 1.29 is 19.4 Å². The topological polar surface area (TPSA) is 66.8 Å². The number of thiophene rings is 1. The van der Waals surface area contributed by atoms with Crippen LogP contribution < -0.4 is 9.64 Å². The minimum absolute atomic E-state index is 0.0152. The van der Waals surface area contributed by atoms with Gasteiger partial charge < -0.3 is 14.7 Å². The van der Waals surface area contributed by atoms with Gasteiger partial charge >= 0.3 is 5.97 Å². The predicted octanol–water partition coefficient (Wildman–Crippen LogP) is 3.74. The molecule has 1 N–H and O–H groups in total. The highest BCUT2D eigenvalue weighted by Crippen LogP contribution is 2.30. The molecule has 1 atom stereocenters. The zero-order valence-electron chi connectivity index (χ0n) is 12.7. The fourth-order valence-corrected chi connectivity index (χ4v) is 3.48. The van der Waals surface area contributed by atoms with Gasteiger partial charge in [-0.3, -0.25) is 4.79 Å². The Hall–Kier alpha value is -1.86. The third kappa shape index (κ3) is 4.56. The van der Waals surface area contributed by atoms with Crippen LogP contribution in [0.3, 0.4) is 0 Å². The standard InChI is InChI=1S/C16H16BrNO4S/c1-10(13-7-8-14(17)23-13)16(21)18(2)11-3-5-12(6-4-11)22-9-15(19)20/h3-8,10H,9H2,1-2H3,(H,19,20). The summed E-state index contributed by atoms with van der Waals surface area (Å²) >= 11 is 4.94.